The summed E-state index contributed by atoms with van der Waals surface area (Å²) in [5.74, 6) is 0.715. The molecule has 104 valence electrons. The number of hydrogen-bond donors (Lipinski definition) is 2. The molecule has 1 unspecified atom stereocenters. The highest BCUT2D eigenvalue weighted by molar-refractivity contribution is 7.80. The molecule has 20 heavy (non-hydrogen) atoms. The fraction of sp³-hybridized carbons (Fsp3) is 0.200. The highest BCUT2D eigenvalue weighted by Crippen LogP contribution is 2.17. The van der Waals surface area contributed by atoms with Crippen LogP contribution < -0.4 is 10.6 Å². The summed E-state index contributed by atoms with van der Waals surface area (Å²) in [7, 11) is 0. The molecule has 2 aromatic rings. The van der Waals surface area contributed by atoms with E-state index in [1.54, 1.807) is 6.20 Å². The van der Waals surface area contributed by atoms with Crippen molar-refractivity contribution in [3.05, 3.63) is 58.7 Å². The van der Waals surface area contributed by atoms with Crippen molar-refractivity contribution in [2.24, 2.45) is 0 Å². The summed E-state index contributed by atoms with van der Waals surface area (Å²) in [6.45, 7) is 4.00. The van der Waals surface area contributed by atoms with Crippen molar-refractivity contribution in [2.45, 2.75) is 19.9 Å². The number of nitrogens with one attached hydrogen (secondary N) is 2. The average molecular weight is 306 g/mol. The van der Waals surface area contributed by atoms with Gasteiger partial charge in [0.15, 0.2) is 5.11 Å². The van der Waals surface area contributed by atoms with Crippen LogP contribution in [0.15, 0.2) is 42.6 Å². The van der Waals surface area contributed by atoms with Gasteiger partial charge in [-0.2, -0.15) is 0 Å². The van der Waals surface area contributed by atoms with Gasteiger partial charge in [-0.05, 0) is 43.3 Å². The number of aromatic nitrogens is 1. The maximum atomic E-state index is 5.88. The number of thiocarbonyl (C=S) groups is 1. The molecule has 1 atom stereocenters. The Balaban J connectivity index is 1.99. The van der Waals surface area contributed by atoms with Gasteiger partial charge in [-0.15, -0.1) is 0 Å². The minimum atomic E-state index is 0.129. The molecule has 0 saturated carbocycles. The number of nitrogens with zero attached hydrogens (tertiary/aromatic N) is 1. The summed E-state index contributed by atoms with van der Waals surface area (Å²) in [4.78, 5) is 4.23. The van der Waals surface area contributed by atoms with Crippen LogP contribution in [0.25, 0.3) is 0 Å². The second kappa shape index (κ2) is 6.68. The Morgan fingerprint density at radius 2 is 2.00 bits per heavy atom. The van der Waals surface area contributed by atoms with Crippen LogP contribution in [-0.2, 0) is 0 Å². The quantitative estimate of drug-likeness (QED) is 0.838. The van der Waals surface area contributed by atoms with Gasteiger partial charge < -0.3 is 10.6 Å². The Morgan fingerprint density at radius 1 is 1.30 bits per heavy atom. The van der Waals surface area contributed by atoms with E-state index in [-0.39, 0.29) is 6.04 Å². The Hall–Kier alpha value is -1.65. The van der Waals surface area contributed by atoms with Gasteiger partial charge in [0.2, 0.25) is 0 Å². The van der Waals surface area contributed by atoms with Gasteiger partial charge in [-0.25, -0.2) is 4.98 Å². The van der Waals surface area contributed by atoms with Crippen molar-refractivity contribution in [1.29, 1.82) is 0 Å². The molecule has 0 aliphatic carbocycles. The molecular formula is C15H16ClN3S. The molecule has 3 nitrogen and oxygen atoms in total. The minimum absolute atomic E-state index is 0.129. The van der Waals surface area contributed by atoms with Gasteiger partial charge >= 0.3 is 0 Å². The molecule has 2 rings (SSSR count). The van der Waals surface area contributed by atoms with Crippen LogP contribution in [0, 0.1) is 6.92 Å². The number of halogens is 1. The predicted molar refractivity (Wildman–Crippen MR) is 88.2 cm³/mol. The molecule has 0 aliphatic heterocycles. The zero-order chi connectivity index (χ0) is 14.5. The fourth-order valence-electron chi connectivity index (χ4n) is 1.84. The normalized spacial score (nSPS) is 11.8. The van der Waals surface area contributed by atoms with Crippen molar-refractivity contribution in [1.82, 2.24) is 10.3 Å². The van der Waals surface area contributed by atoms with Gasteiger partial charge in [0.25, 0.3) is 0 Å². The Kier molecular flexibility index (Phi) is 4.93. The molecular weight excluding hydrogens is 290 g/mol. The van der Waals surface area contributed by atoms with Gasteiger partial charge in [-0.3, -0.25) is 0 Å². The van der Waals surface area contributed by atoms with Crippen LogP contribution in [-0.4, -0.2) is 10.1 Å². The molecule has 2 N–H and O–H groups in total. The zero-order valence-electron chi connectivity index (χ0n) is 11.4. The summed E-state index contributed by atoms with van der Waals surface area (Å²) in [6.07, 6.45) is 1.60. The van der Waals surface area contributed by atoms with E-state index in [0.717, 1.165) is 5.56 Å². The van der Waals surface area contributed by atoms with Crippen molar-refractivity contribution in [3.63, 3.8) is 0 Å². The third kappa shape index (κ3) is 3.92. The second-order valence-electron chi connectivity index (χ2n) is 4.55. The summed E-state index contributed by atoms with van der Waals surface area (Å²) < 4.78 is 0. The summed E-state index contributed by atoms with van der Waals surface area (Å²) in [6, 6.07) is 12.1. The first-order valence-electron chi connectivity index (χ1n) is 6.31. The number of anilines is 1. The van der Waals surface area contributed by atoms with Gasteiger partial charge in [0.05, 0.1) is 11.1 Å². The van der Waals surface area contributed by atoms with Crippen molar-refractivity contribution in [3.8, 4) is 0 Å². The number of rotatable bonds is 3. The summed E-state index contributed by atoms with van der Waals surface area (Å²) in [5.41, 5.74) is 2.13. The van der Waals surface area contributed by atoms with Crippen LogP contribution in [0.1, 0.15) is 24.1 Å². The van der Waals surface area contributed by atoms with E-state index in [4.69, 9.17) is 23.8 Å². The molecule has 1 aromatic heterocycles. The number of pyridine rings is 1. The average Bonchev–Trinajstić information content (AvgIpc) is 2.43. The molecule has 0 fully saturated rings. The SMILES string of the molecule is Cc1cc(Cl)cnc1NC(=S)NC(C)c1ccccc1. The minimum Gasteiger partial charge on any atom is -0.356 e. The van der Waals surface area contributed by atoms with Crippen LogP contribution in [0.5, 0.6) is 0 Å². The number of aryl methyl sites for hydroxylation is 1. The Bertz CT molecular complexity index is 601. The van der Waals surface area contributed by atoms with Crippen LogP contribution >= 0.6 is 23.8 Å². The monoisotopic (exact) mass is 305 g/mol. The molecule has 0 saturated heterocycles. The molecule has 1 aromatic carbocycles. The molecule has 0 bridgehead atoms. The predicted octanol–water partition coefficient (Wildman–Crippen LogP) is 4.09. The summed E-state index contributed by atoms with van der Waals surface area (Å²) >= 11 is 11.2. The van der Waals surface area contributed by atoms with Crippen molar-refractivity contribution < 1.29 is 0 Å². The molecule has 0 amide bonds. The second-order valence-corrected chi connectivity index (χ2v) is 5.39. The third-order valence-corrected chi connectivity index (χ3v) is 3.35. The van der Waals surface area contributed by atoms with E-state index < -0.39 is 0 Å². The highest BCUT2D eigenvalue weighted by Gasteiger charge is 2.08. The number of benzene rings is 1. The van der Waals surface area contributed by atoms with Gasteiger partial charge in [0.1, 0.15) is 5.82 Å². The first-order valence-corrected chi connectivity index (χ1v) is 7.09. The van der Waals surface area contributed by atoms with E-state index in [1.807, 2.05) is 31.2 Å². The van der Waals surface area contributed by atoms with Gasteiger partial charge in [0, 0.05) is 6.20 Å². The van der Waals surface area contributed by atoms with Crippen LogP contribution in [0.3, 0.4) is 0 Å². The van der Waals surface area contributed by atoms with Crippen LogP contribution in [0.2, 0.25) is 5.02 Å². The van der Waals surface area contributed by atoms with E-state index >= 15 is 0 Å². The fourth-order valence-corrected chi connectivity index (χ4v) is 2.32. The van der Waals surface area contributed by atoms with Crippen molar-refractivity contribution in [2.75, 3.05) is 5.32 Å². The largest absolute Gasteiger partial charge is 0.356 e. The third-order valence-electron chi connectivity index (χ3n) is 2.92. The zero-order valence-corrected chi connectivity index (χ0v) is 12.9. The molecule has 0 aliphatic rings. The smallest absolute Gasteiger partial charge is 0.172 e. The number of hydrogen-bond acceptors (Lipinski definition) is 2. The van der Waals surface area contributed by atoms with E-state index in [9.17, 15) is 0 Å². The van der Waals surface area contributed by atoms with E-state index in [2.05, 4.69) is 34.7 Å². The van der Waals surface area contributed by atoms with Gasteiger partial charge in [-0.1, -0.05) is 41.9 Å². The lowest BCUT2D eigenvalue weighted by atomic mass is 10.1. The maximum absolute atomic E-state index is 5.88. The first kappa shape index (κ1) is 14.8. The topological polar surface area (TPSA) is 37.0 Å². The standard InChI is InChI=1S/C15H16ClN3S/c1-10-8-13(16)9-17-14(10)19-15(20)18-11(2)12-6-4-3-5-7-12/h3-9,11H,1-2H3,(H2,17,18,19,20). The molecule has 0 radical (unpaired) electrons. The summed E-state index contributed by atoms with van der Waals surface area (Å²) in [5, 5.41) is 7.48. The lowest BCUT2D eigenvalue weighted by molar-refractivity contribution is 0.722. The first-order chi connectivity index (χ1) is 9.56. The Labute approximate surface area is 129 Å². The lowest BCUT2D eigenvalue weighted by Gasteiger charge is -2.17. The Morgan fingerprint density at radius 3 is 2.65 bits per heavy atom. The molecule has 5 heteroatoms. The van der Waals surface area contributed by atoms with E-state index in [1.165, 1.54) is 5.56 Å². The highest BCUT2D eigenvalue weighted by atomic mass is 35.5. The molecule has 0 spiro atoms. The molecule has 1 heterocycles. The van der Waals surface area contributed by atoms with Crippen molar-refractivity contribution >= 4 is 34.7 Å². The maximum Gasteiger partial charge on any atom is 0.172 e. The van der Waals surface area contributed by atoms with Crippen LogP contribution in [0.4, 0.5) is 5.82 Å². The van der Waals surface area contributed by atoms with E-state index in [0.29, 0.717) is 16.0 Å². The lowest BCUT2D eigenvalue weighted by Crippen LogP contribution is -2.31.